The molecular weight excluding hydrogens is 282 g/mol. The second-order valence-electron chi connectivity index (χ2n) is 4.16. The molecule has 19 heavy (non-hydrogen) atoms. The van der Waals surface area contributed by atoms with E-state index in [-0.39, 0.29) is 10.7 Å². The predicted molar refractivity (Wildman–Crippen MR) is 76.2 cm³/mol. The van der Waals surface area contributed by atoms with Crippen molar-refractivity contribution in [3.05, 3.63) is 52.2 Å². The van der Waals surface area contributed by atoms with Gasteiger partial charge >= 0.3 is 5.97 Å². The zero-order valence-electron chi connectivity index (χ0n) is 10.5. The molecular formula is C14H12ClNO2S. The van der Waals surface area contributed by atoms with Crippen molar-refractivity contribution in [3.8, 4) is 0 Å². The van der Waals surface area contributed by atoms with Crippen molar-refractivity contribution < 1.29 is 9.90 Å². The molecule has 0 saturated carbocycles. The lowest BCUT2D eigenvalue weighted by atomic mass is 10.2. The Balaban J connectivity index is 2.42. The Bertz CT molecular complexity index is 643. The zero-order valence-corrected chi connectivity index (χ0v) is 12.0. The van der Waals surface area contributed by atoms with Crippen LogP contribution in [0.3, 0.4) is 0 Å². The van der Waals surface area contributed by atoms with Crippen LogP contribution in [0.25, 0.3) is 0 Å². The molecule has 0 radical (unpaired) electrons. The molecule has 0 spiro atoms. The van der Waals surface area contributed by atoms with Crippen LogP contribution in [-0.4, -0.2) is 16.1 Å². The van der Waals surface area contributed by atoms with Crippen molar-refractivity contribution >= 4 is 29.3 Å². The van der Waals surface area contributed by atoms with Crippen LogP contribution >= 0.6 is 23.4 Å². The molecule has 0 saturated heterocycles. The van der Waals surface area contributed by atoms with Crippen LogP contribution in [0.5, 0.6) is 0 Å². The molecule has 5 heteroatoms. The second kappa shape index (κ2) is 5.63. The van der Waals surface area contributed by atoms with E-state index >= 15 is 0 Å². The lowest BCUT2D eigenvalue weighted by Crippen LogP contribution is -2.01. The summed E-state index contributed by atoms with van der Waals surface area (Å²) in [5.41, 5.74) is 2.41. The molecule has 0 atom stereocenters. The Morgan fingerprint density at radius 3 is 2.63 bits per heavy atom. The van der Waals surface area contributed by atoms with Crippen molar-refractivity contribution in [1.29, 1.82) is 0 Å². The number of pyridine rings is 1. The van der Waals surface area contributed by atoms with Gasteiger partial charge in [-0.25, -0.2) is 9.78 Å². The van der Waals surface area contributed by atoms with E-state index in [0.29, 0.717) is 5.03 Å². The highest BCUT2D eigenvalue weighted by molar-refractivity contribution is 7.99. The molecule has 1 aromatic heterocycles. The minimum absolute atomic E-state index is 0.161. The van der Waals surface area contributed by atoms with E-state index in [2.05, 4.69) is 4.98 Å². The van der Waals surface area contributed by atoms with Crippen molar-refractivity contribution in [3.63, 3.8) is 0 Å². The maximum absolute atomic E-state index is 11.2. The summed E-state index contributed by atoms with van der Waals surface area (Å²) in [5.74, 6) is -1.00. The smallest absolute Gasteiger partial charge is 0.338 e. The summed E-state index contributed by atoms with van der Waals surface area (Å²) in [7, 11) is 0. The van der Waals surface area contributed by atoms with E-state index in [9.17, 15) is 4.79 Å². The number of rotatable bonds is 3. The second-order valence-corrected chi connectivity index (χ2v) is 5.58. The lowest BCUT2D eigenvalue weighted by molar-refractivity contribution is 0.0692. The first kappa shape index (κ1) is 13.9. The van der Waals surface area contributed by atoms with Gasteiger partial charge in [-0.2, -0.15) is 0 Å². The third kappa shape index (κ3) is 3.28. The molecule has 1 heterocycles. The van der Waals surface area contributed by atoms with Crippen LogP contribution < -0.4 is 0 Å². The van der Waals surface area contributed by atoms with Gasteiger partial charge in [0.25, 0.3) is 0 Å². The number of hydrogen-bond acceptors (Lipinski definition) is 3. The molecule has 98 valence electrons. The SMILES string of the molecule is Cc1ccc(Sc2nc(Cl)ccc2C(=O)O)c(C)c1. The summed E-state index contributed by atoms with van der Waals surface area (Å²) < 4.78 is 0. The Hall–Kier alpha value is -1.52. The molecule has 0 bridgehead atoms. The van der Waals surface area contributed by atoms with Gasteiger partial charge in [0.1, 0.15) is 10.2 Å². The summed E-state index contributed by atoms with van der Waals surface area (Å²) >= 11 is 7.15. The average Bonchev–Trinajstić information content (AvgIpc) is 2.32. The third-order valence-corrected chi connectivity index (χ3v) is 3.99. The number of aromatic carboxylic acids is 1. The van der Waals surface area contributed by atoms with Gasteiger partial charge in [-0.15, -0.1) is 0 Å². The maximum atomic E-state index is 11.2. The van der Waals surface area contributed by atoms with Crippen LogP contribution in [0, 0.1) is 13.8 Å². The molecule has 0 fully saturated rings. The molecule has 3 nitrogen and oxygen atoms in total. The molecule has 0 aliphatic rings. The number of halogens is 1. The van der Waals surface area contributed by atoms with Crippen LogP contribution in [0.4, 0.5) is 0 Å². The molecule has 2 rings (SSSR count). The average molecular weight is 294 g/mol. The number of hydrogen-bond donors (Lipinski definition) is 1. The van der Waals surface area contributed by atoms with Gasteiger partial charge in [0, 0.05) is 4.90 Å². The topological polar surface area (TPSA) is 50.2 Å². The summed E-state index contributed by atoms with van der Waals surface area (Å²) in [6.07, 6.45) is 0. The summed E-state index contributed by atoms with van der Waals surface area (Å²) in [6.45, 7) is 4.00. The fourth-order valence-electron chi connectivity index (χ4n) is 1.68. The largest absolute Gasteiger partial charge is 0.478 e. The molecule has 0 unspecified atom stereocenters. The summed E-state index contributed by atoms with van der Waals surface area (Å²) in [6, 6.07) is 8.96. The Morgan fingerprint density at radius 1 is 1.26 bits per heavy atom. The van der Waals surface area contributed by atoms with Crippen LogP contribution in [-0.2, 0) is 0 Å². The van der Waals surface area contributed by atoms with E-state index in [1.165, 1.54) is 29.5 Å². The molecule has 1 aromatic carbocycles. The predicted octanol–water partition coefficient (Wildman–Crippen LogP) is 4.20. The van der Waals surface area contributed by atoms with Crippen LogP contribution in [0.2, 0.25) is 5.15 Å². The summed E-state index contributed by atoms with van der Waals surface area (Å²) in [5, 5.41) is 9.85. The first-order valence-corrected chi connectivity index (χ1v) is 6.82. The van der Waals surface area contributed by atoms with Gasteiger partial charge in [0.15, 0.2) is 0 Å². The highest BCUT2D eigenvalue weighted by Gasteiger charge is 2.14. The minimum Gasteiger partial charge on any atom is -0.478 e. The van der Waals surface area contributed by atoms with Gasteiger partial charge in [-0.05, 0) is 37.6 Å². The quantitative estimate of drug-likeness (QED) is 0.862. The van der Waals surface area contributed by atoms with E-state index in [4.69, 9.17) is 16.7 Å². The molecule has 0 amide bonds. The number of aryl methyl sites for hydroxylation is 2. The van der Waals surface area contributed by atoms with Crippen molar-refractivity contribution in [2.45, 2.75) is 23.8 Å². The summed E-state index contributed by atoms with van der Waals surface area (Å²) in [4.78, 5) is 16.2. The van der Waals surface area contributed by atoms with Crippen LogP contribution in [0.15, 0.2) is 40.3 Å². The Kier molecular flexibility index (Phi) is 4.12. The molecule has 2 aromatic rings. The number of benzene rings is 1. The van der Waals surface area contributed by atoms with E-state index in [0.717, 1.165) is 10.5 Å². The van der Waals surface area contributed by atoms with E-state index in [1.54, 1.807) is 0 Å². The van der Waals surface area contributed by atoms with Gasteiger partial charge in [0.2, 0.25) is 0 Å². The first-order valence-electron chi connectivity index (χ1n) is 5.62. The third-order valence-electron chi connectivity index (χ3n) is 2.59. The molecule has 0 aliphatic heterocycles. The molecule has 1 N–H and O–H groups in total. The molecule has 0 aliphatic carbocycles. The Labute approximate surface area is 120 Å². The van der Waals surface area contributed by atoms with Gasteiger partial charge in [0.05, 0.1) is 5.56 Å². The Morgan fingerprint density at radius 2 is 2.00 bits per heavy atom. The van der Waals surface area contributed by atoms with Crippen molar-refractivity contribution in [1.82, 2.24) is 4.98 Å². The van der Waals surface area contributed by atoms with Crippen molar-refractivity contribution in [2.75, 3.05) is 0 Å². The van der Waals surface area contributed by atoms with Gasteiger partial charge in [-0.3, -0.25) is 0 Å². The van der Waals surface area contributed by atoms with Crippen LogP contribution in [0.1, 0.15) is 21.5 Å². The monoisotopic (exact) mass is 293 g/mol. The highest BCUT2D eigenvalue weighted by atomic mass is 35.5. The zero-order chi connectivity index (χ0) is 14.0. The first-order chi connectivity index (χ1) is 8.97. The van der Waals surface area contributed by atoms with Gasteiger partial charge in [-0.1, -0.05) is 41.1 Å². The fourth-order valence-corrected chi connectivity index (χ4v) is 2.85. The number of carboxylic acid groups (broad SMARTS) is 1. The number of carbonyl (C=O) groups is 1. The minimum atomic E-state index is -1.00. The standard InChI is InChI=1S/C14H12ClNO2S/c1-8-3-5-11(9(2)7-8)19-13-10(14(17)18)4-6-12(15)16-13/h3-7H,1-2H3,(H,17,18). The highest BCUT2D eigenvalue weighted by Crippen LogP contribution is 2.32. The van der Waals surface area contributed by atoms with E-state index < -0.39 is 5.97 Å². The normalized spacial score (nSPS) is 10.5. The van der Waals surface area contributed by atoms with E-state index in [1.807, 2.05) is 32.0 Å². The fraction of sp³-hybridized carbons (Fsp3) is 0.143. The van der Waals surface area contributed by atoms with Gasteiger partial charge < -0.3 is 5.11 Å². The number of carboxylic acids is 1. The lowest BCUT2D eigenvalue weighted by Gasteiger charge is -2.08. The number of aromatic nitrogens is 1. The maximum Gasteiger partial charge on any atom is 0.338 e. The number of nitrogens with zero attached hydrogens (tertiary/aromatic N) is 1. The van der Waals surface area contributed by atoms with Crippen molar-refractivity contribution in [2.24, 2.45) is 0 Å².